The van der Waals surface area contributed by atoms with Gasteiger partial charge in [0.05, 0.1) is 0 Å². The molecule has 5 heteroatoms. The number of rotatable bonds is 3. The van der Waals surface area contributed by atoms with E-state index in [0.29, 0.717) is 12.4 Å². The van der Waals surface area contributed by atoms with Gasteiger partial charge in [-0.2, -0.15) is 35.7 Å². The Labute approximate surface area is 158 Å². The Balaban J connectivity index is -0.000000595. The first kappa shape index (κ1) is 25.8. The van der Waals surface area contributed by atoms with Gasteiger partial charge in [-0.1, -0.05) is 33.4 Å². The zero-order valence-corrected chi connectivity index (χ0v) is 17.9. The fourth-order valence-corrected chi connectivity index (χ4v) is 1.57. The Kier molecular flexibility index (Phi) is 22.1. The zero-order chi connectivity index (χ0) is 16.0. The Hall–Kier alpha value is -0.106. The summed E-state index contributed by atoms with van der Waals surface area (Å²) >= 11 is 0. The average molecular weight is 383 g/mol. The third-order valence-electron chi connectivity index (χ3n) is 2.03. The molecule has 3 nitrogen and oxygen atoms in total. The van der Waals surface area contributed by atoms with E-state index in [1.807, 2.05) is 66.1 Å². The molecule has 21 heavy (non-hydrogen) atoms. The predicted molar refractivity (Wildman–Crippen MR) is 93.5 cm³/mol. The van der Waals surface area contributed by atoms with E-state index < -0.39 is 0 Å². The number of benzene rings is 1. The average Bonchev–Trinajstić information content (AvgIpc) is 2.49. The molecular weight excluding hydrogens is 356 g/mol. The molecule has 1 rings (SSSR count). The minimum absolute atomic E-state index is 0. The molecule has 1 amide bonds. The zero-order valence-electron chi connectivity index (χ0n) is 13.9. The minimum atomic E-state index is -0.275. The van der Waals surface area contributed by atoms with Crippen LogP contribution in [0, 0.1) is 13.0 Å². The van der Waals surface area contributed by atoms with Crippen molar-refractivity contribution in [1.29, 1.82) is 0 Å². The van der Waals surface area contributed by atoms with Gasteiger partial charge in [-0.05, 0) is 22.7 Å². The summed E-state index contributed by atoms with van der Waals surface area (Å²) in [5.41, 5.74) is 0.626. The maximum atomic E-state index is 10.9. The topological polar surface area (TPSA) is 32.7 Å². The number of carbonyl (C=O) groups is 1. The second kappa shape index (κ2) is 17.9. The van der Waals surface area contributed by atoms with Crippen LogP contribution < -0.4 is 4.90 Å². The Morgan fingerprint density at radius 2 is 1.90 bits per heavy atom. The number of anilines is 1. The molecule has 0 bridgehead atoms. The molecular formula is C16H27N2OPY-2. The van der Waals surface area contributed by atoms with Crippen LogP contribution >= 0.6 is 9.24 Å². The second-order valence-corrected chi connectivity index (χ2v) is 3.74. The third-order valence-corrected chi connectivity index (χ3v) is 2.16. The first-order valence-corrected chi connectivity index (χ1v) is 7.61. The van der Waals surface area contributed by atoms with Gasteiger partial charge < -0.3 is 11.8 Å². The van der Waals surface area contributed by atoms with Crippen molar-refractivity contribution in [2.75, 3.05) is 11.4 Å². The molecule has 0 spiro atoms. The maximum Gasteiger partial charge on any atom is 0.261 e. The quantitative estimate of drug-likeness (QED) is 0.319. The number of hydrogen-bond donors (Lipinski definition) is 0. The van der Waals surface area contributed by atoms with E-state index in [-0.39, 0.29) is 38.4 Å². The van der Waals surface area contributed by atoms with Gasteiger partial charge in [0.25, 0.3) is 5.65 Å². The van der Waals surface area contributed by atoms with Crippen LogP contribution in [0.25, 0.3) is 0 Å². The molecule has 1 unspecified atom stereocenters. The molecule has 0 fully saturated rings. The molecule has 1 atom stereocenters. The summed E-state index contributed by atoms with van der Waals surface area (Å²) in [6.45, 7) is 14.3. The van der Waals surface area contributed by atoms with Gasteiger partial charge >= 0.3 is 0 Å². The Morgan fingerprint density at radius 3 is 2.29 bits per heavy atom. The molecule has 0 heterocycles. The smallest absolute Gasteiger partial charge is 0.261 e. The monoisotopic (exact) mass is 383 g/mol. The summed E-state index contributed by atoms with van der Waals surface area (Å²) in [7, 11) is 2.04. The van der Waals surface area contributed by atoms with Gasteiger partial charge in [0.2, 0.25) is 0 Å². The first-order valence-electron chi connectivity index (χ1n) is 7.03. The van der Waals surface area contributed by atoms with Crippen molar-refractivity contribution in [2.24, 2.45) is 4.99 Å². The fourth-order valence-electron chi connectivity index (χ4n) is 1.39. The van der Waals surface area contributed by atoms with Crippen LogP contribution in [0.5, 0.6) is 0 Å². The summed E-state index contributed by atoms with van der Waals surface area (Å²) in [5.74, 6) is 0.658. The standard InChI is InChI=1S/C12H15N2OP.2C2H6.Y/c1-3-9-14(10(2)13-12(15)16)11-7-5-4-6-8-11;2*1-2;/h4-7H,1,3,9,16H2,2H3;2*1-2H3;/q-2;;;. The summed E-state index contributed by atoms with van der Waals surface area (Å²) in [4.78, 5) is 16.7. The van der Waals surface area contributed by atoms with Crippen molar-refractivity contribution in [3.05, 3.63) is 37.3 Å². The molecule has 0 aliphatic rings. The number of para-hydroxylation sites is 1. The van der Waals surface area contributed by atoms with Crippen molar-refractivity contribution in [3.63, 3.8) is 0 Å². The SMILES string of the molecule is CC.CC.[CH2-]CCN(C(C)=NC(=O)P)c1[c-]cccc1.[Y]. The molecule has 0 aromatic heterocycles. The maximum absolute atomic E-state index is 10.9. The van der Waals surface area contributed by atoms with Crippen molar-refractivity contribution in [2.45, 2.75) is 41.0 Å². The van der Waals surface area contributed by atoms with Crippen molar-refractivity contribution in [1.82, 2.24) is 0 Å². The molecule has 0 aliphatic carbocycles. The molecule has 0 aliphatic heterocycles. The number of hydrogen-bond acceptors (Lipinski definition) is 1. The van der Waals surface area contributed by atoms with Gasteiger partial charge in [0, 0.05) is 32.7 Å². The predicted octanol–water partition coefficient (Wildman–Crippen LogP) is 4.98. The van der Waals surface area contributed by atoms with E-state index >= 15 is 0 Å². The molecule has 0 saturated carbocycles. The van der Waals surface area contributed by atoms with E-state index in [1.165, 1.54) is 0 Å². The van der Waals surface area contributed by atoms with Gasteiger partial charge in [-0.3, -0.25) is 4.79 Å². The fraction of sp³-hybridized carbons (Fsp3) is 0.438. The number of aliphatic imine (C=N–C) groups is 1. The van der Waals surface area contributed by atoms with Crippen molar-refractivity contribution in [3.8, 4) is 0 Å². The van der Waals surface area contributed by atoms with Crippen LogP contribution in [0.15, 0.2) is 29.3 Å². The van der Waals surface area contributed by atoms with Crippen LogP contribution in [-0.4, -0.2) is 18.0 Å². The molecule has 0 N–H and O–H groups in total. The van der Waals surface area contributed by atoms with Crippen LogP contribution in [-0.2, 0) is 32.7 Å². The number of amidine groups is 1. The molecule has 117 valence electrons. The molecule has 1 aromatic carbocycles. The minimum Gasteiger partial charge on any atom is -0.356 e. The van der Waals surface area contributed by atoms with E-state index in [0.717, 1.165) is 12.1 Å². The summed E-state index contributed by atoms with van der Waals surface area (Å²) < 4.78 is 0. The van der Waals surface area contributed by atoms with Crippen LogP contribution in [0.4, 0.5) is 10.5 Å². The Morgan fingerprint density at radius 1 is 1.33 bits per heavy atom. The number of carbonyl (C=O) groups excluding carboxylic acids is 1. The normalized spacial score (nSPS) is 9.19. The molecule has 1 radical (unpaired) electrons. The summed E-state index contributed by atoms with van der Waals surface area (Å²) in [6.07, 6.45) is 0.737. The summed E-state index contributed by atoms with van der Waals surface area (Å²) in [6, 6.07) is 10.7. The van der Waals surface area contributed by atoms with E-state index in [2.05, 4.69) is 18.0 Å². The van der Waals surface area contributed by atoms with Gasteiger partial charge in [-0.25, -0.2) is 0 Å². The molecule has 1 aromatic rings. The Bertz CT molecular complexity index is 383. The summed E-state index contributed by atoms with van der Waals surface area (Å²) in [5, 5.41) is 0. The van der Waals surface area contributed by atoms with Crippen LogP contribution in [0.3, 0.4) is 0 Å². The van der Waals surface area contributed by atoms with Crippen LogP contribution in [0.1, 0.15) is 41.0 Å². The van der Waals surface area contributed by atoms with E-state index in [1.54, 1.807) is 6.92 Å². The molecule has 0 saturated heterocycles. The van der Waals surface area contributed by atoms with E-state index in [4.69, 9.17) is 0 Å². The number of amides is 1. The first-order chi connectivity index (χ1) is 9.65. The van der Waals surface area contributed by atoms with Crippen molar-refractivity contribution < 1.29 is 37.5 Å². The largest absolute Gasteiger partial charge is 0.356 e. The van der Waals surface area contributed by atoms with Crippen LogP contribution in [0.2, 0.25) is 0 Å². The van der Waals surface area contributed by atoms with Gasteiger partial charge in [0.15, 0.2) is 0 Å². The second-order valence-electron chi connectivity index (χ2n) is 3.25. The third kappa shape index (κ3) is 12.2. The van der Waals surface area contributed by atoms with Gasteiger partial charge in [0.1, 0.15) is 5.84 Å². The van der Waals surface area contributed by atoms with Crippen molar-refractivity contribution >= 4 is 26.4 Å². The van der Waals surface area contributed by atoms with Gasteiger partial charge in [-0.15, -0.1) is 6.07 Å². The number of nitrogens with zero attached hydrogens (tertiary/aromatic N) is 2. The van der Waals surface area contributed by atoms with E-state index in [9.17, 15) is 4.79 Å².